The van der Waals surface area contributed by atoms with Gasteiger partial charge >= 0.3 is 0 Å². The lowest BCUT2D eigenvalue weighted by Gasteiger charge is -1.89. The SMILES string of the molecule is Cc1ccc(-c2nc(CCN)cs2)o1. The normalized spacial score (nSPS) is 10.7. The molecule has 0 saturated heterocycles. The molecule has 2 aromatic heterocycles. The van der Waals surface area contributed by atoms with Crippen LogP contribution < -0.4 is 5.73 Å². The summed E-state index contributed by atoms with van der Waals surface area (Å²) in [5, 5.41) is 2.96. The highest BCUT2D eigenvalue weighted by Crippen LogP contribution is 2.25. The molecule has 2 rings (SSSR count). The van der Waals surface area contributed by atoms with E-state index in [9.17, 15) is 0 Å². The van der Waals surface area contributed by atoms with E-state index >= 15 is 0 Å². The van der Waals surface area contributed by atoms with Crippen LogP contribution in [0.4, 0.5) is 0 Å². The van der Waals surface area contributed by atoms with E-state index in [0.717, 1.165) is 28.6 Å². The van der Waals surface area contributed by atoms with Crippen LogP contribution in [0.2, 0.25) is 0 Å². The fraction of sp³-hybridized carbons (Fsp3) is 0.300. The van der Waals surface area contributed by atoms with Gasteiger partial charge in [0.05, 0.1) is 5.69 Å². The largest absolute Gasteiger partial charge is 0.459 e. The topological polar surface area (TPSA) is 52.0 Å². The van der Waals surface area contributed by atoms with E-state index in [-0.39, 0.29) is 0 Å². The Labute approximate surface area is 86.6 Å². The van der Waals surface area contributed by atoms with Gasteiger partial charge in [-0.15, -0.1) is 11.3 Å². The molecule has 0 aliphatic carbocycles. The Hall–Kier alpha value is -1.13. The smallest absolute Gasteiger partial charge is 0.162 e. The summed E-state index contributed by atoms with van der Waals surface area (Å²) < 4.78 is 5.48. The van der Waals surface area contributed by atoms with Crippen molar-refractivity contribution in [2.75, 3.05) is 6.54 Å². The van der Waals surface area contributed by atoms with Gasteiger partial charge in [0.1, 0.15) is 5.76 Å². The van der Waals surface area contributed by atoms with Gasteiger partial charge in [0, 0.05) is 11.8 Å². The second-order valence-electron chi connectivity index (χ2n) is 3.09. The van der Waals surface area contributed by atoms with Crippen LogP contribution in [-0.4, -0.2) is 11.5 Å². The number of nitrogens with zero attached hydrogens (tertiary/aromatic N) is 1. The van der Waals surface area contributed by atoms with Gasteiger partial charge in [-0.1, -0.05) is 0 Å². The molecule has 3 nitrogen and oxygen atoms in total. The Balaban J connectivity index is 2.24. The first-order valence-electron chi connectivity index (χ1n) is 4.51. The molecule has 2 heterocycles. The molecule has 0 aliphatic rings. The van der Waals surface area contributed by atoms with E-state index in [1.807, 2.05) is 24.4 Å². The van der Waals surface area contributed by atoms with Crippen molar-refractivity contribution >= 4 is 11.3 Å². The molecule has 14 heavy (non-hydrogen) atoms. The lowest BCUT2D eigenvalue weighted by molar-refractivity contribution is 0.548. The highest BCUT2D eigenvalue weighted by molar-refractivity contribution is 7.13. The third kappa shape index (κ3) is 1.86. The van der Waals surface area contributed by atoms with Crippen molar-refractivity contribution in [1.82, 2.24) is 4.98 Å². The van der Waals surface area contributed by atoms with Crippen molar-refractivity contribution in [1.29, 1.82) is 0 Å². The summed E-state index contributed by atoms with van der Waals surface area (Å²) in [4.78, 5) is 4.43. The fourth-order valence-corrected chi connectivity index (χ4v) is 2.05. The van der Waals surface area contributed by atoms with Gasteiger partial charge in [-0.25, -0.2) is 4.98 Å². The third-order valence-corrected chi connectivity index (χ3v) is 2.81. The summed E-state index contributed by atoms with van der Waals surface area (Å²) in [6.07, 6.45) is 0.830. The summed E-state index contributed by atoms with van der Waals surface area (Å²) in [5.74, 6) is 1.76. The zero-order chi connectivity index (χ0) is 9.97. The molecule has 0 spiro atoms. The number of nitrogens with two attached hydrogens (primary N) is 1. The first-order chi connectivity index (χ1) is 6.79. The molecule has 0 aliphatic heterocycles. The Morgan fingerprint density at radius 2 is 2.36 bits per heavy atom. The van der Waals surface area contributed by atoms with Crippen molar-refractivity contribution in [3.8, 4) is 10.8 Å². The maximum atomic E-state index is 5.48. The lowest BCUT2D eigenvalue weighted by Crippen LogP contribution is -2.02. The molecule has 4 heteroatoms. The van der Waals surface area contributed by atoms with Gasteiger partial charge in [0.2, 0.25) is 0 Å². The molecule has 0 radical (unpaired) electrons. The average molecular weight is 208 g/mol. The molecule has 2 aromatic rings. The van der Waals surface area contributed by atoms with Gasteiger partial charge in [0.25, 0.3) is 0 Å². The Bertz CT molecular complexity index is 419. The summed E-state index contributed by atoms with van der Waals surface area (Å²) in [6.45, 7) is 2.57. The zero-order valence-corrected chi connectivity index (χ0v) is 8.80. The molecule has 0 saturated carbocycles. The third-order valence-electron chi connectivity index (χ3n) is 1.90. The van der Waals surface area contributed by atoms with Crippen LogP contribution in [0.15, 0.2) is 21.9 Å². The average Bonchev–Trinajstić information content (AvgIpc) is 2.74. The van der Waals surface area contributed by atoms with Gasteiger partial charge in [-0.05, 0) is 25.6 Å². The number of aromatic nitrogens is 1. The van der Waals surface area contributed by atoms with Crippen LogP contribution in [-0.2, 0) is 6.42 Å². The molecule has 0 bridgehead atoms. The number of thiazole rings is 1. The number of hydrogen-bond acceptors (Lipinski definition) is 4. The Morgan fingerprint density at radius 3 is 3.00 bits per heavy atom. The minimum atomic E-state index is 0.639. The van der Waals surface area contributed by atoms with E-state index in [4.69, 9.17) is 10.2 Å². The van der Waals surface area contributed by atoms with Crippen LogP contribution in [0.1, 0.15) is 11.5 Å². The minimum absolute atomic E-state index is 0.639. The first-order valence-corrected chi connectivity index (χ1v) is 5.39. The molecule has 74 valence electrons. The van der Waals surface area contributed by atoms with Crippen molar-refractivity contribution in [3.05, 3.63) is 29.0 Å². The molecule has 0 amide bonds. The van der Waals surface area contributed by atoms with E-state index < -0.39 is 0 Å². The molecule has 0 unspecified atom stereocenters. The molecule has 0 atom stereocenters. The standard InChI is InChI=1S/C10H12N2OS/c1-7-2-3-9(13-7)10-12-8(4-5-11)6-14-10/h2-3,6H,4-5,11H2,1H3. The molecule has 0 aromatic carbocycles. The number of rotatable bonds is 3. The molecule has 2 N–H and O–H groups in total. The zero-order valence-electron chi connectivity index (χ0n) is 7.99. The number of furan rings is 1. The second kappa shape index (κ2) is 3.94. The molecular weight excluding hydrogens is 196 g/mol. The van der Waals surface area contributed by atoms with E-state index in [1.54, 1.807) is 11.3 Å². The van der Waals surface area contributed by atoms with Crippen LogP contribution in [0.25, 0.3) is 10.8 Å². The van der Waals surface area contributed by atoms with Crippen LogP contribution in [0.5, 0.6) is 0 Å². The van der Waals surface area contributed by atoms with Crippen molar-refractivity contribution in [3.63, 3.8) is 0 Å². The van der Waals surface area contributed by atoms with Crippen molar-refractivity contribution in [2.45, 2.75) is 13.3 Å². The van der Waals surface area contributed by atoms with Crippen LogP contribution in [0, 0.1) is 6.92 Å². The van der Waals surface area contributed by atoms with Crippen molar-refractivity contribution in [2.24, 2.45) is 5.73 Å². The highest BCUT2D eigenvalue weighted by Gasteiger charge is 2.07. The van der Waals surface area contributed by atoms with Crippen molar-refractivity contribution < 1.29 is 4.42 Å². The maximum absolute atomic E-state index is 5.48. The number of hydrogen-bond donors (Lipinski definition) is 1. The van der Waals surface area contributed by atoms with Gasteiger partial charge in [-0.3, -0.25) is 0 Å². The Kier molecular flexibility index (Phi) is 2.65. The minimum Gasteiger partial charge on any atom is -0.459 e. The summed E-state index contributed by atoms with van der Waals surface area (Å²) in [7, 11) is 0. The monoisotopic (exact) mass is 208 g/mol. The summed E-state index contributed by atoms with van der Waals surface area (Å²) in [6, 6.07) is 3.89. The van der Waals surface area contributed by atoms with Crippen LogP contribution in [0.3, 0.4) is 0 Å². The predicted octanol–water partition coefficient (Wildman–Crippen LogP) is 2.21. The summed E-state index contributed by atoms with van der Waals surface area (Å²) >= 11 is 1.60. The highest BCUT2D eigenvalue weighted by atomic mass is 32.1. The van der Waals surface area contributed by atoms with E-state index in [0.29, 0.717) is 6.54 Å². The first kappa shape index (κ1) is 9.43. The number of aryl methyl sites for hydroxylation is 1. The quantitative estimate of drug-likeness (QED) is 0.841. The maximum Gasteiger partial charge on any atom is 0.162 e. The van der Waals surface area contributed by atoms with Gasteiger partial charge in [0.15, 0.2) is 10.8 Å². The van der Waals surface area contributed by atoms with E-state index in [1.165, 1.54) is 0 Å². The van der Waals surface area contributed by atoms with E-state index in [2.05, 4.69) is 4.98 Å². The van der Waals surface area contributed by atoms with Gasteiger partial charge in [-0.2, -0.15) is 0 Å². The second-order valence-corrected chi connectivity index (χ2v) is 3.95. The fourth-order valence-electron chi connectivity index (χ4n) is 1.23. The molecular formula is C10H12N2OS. The van der Waals surface area contributed by atoms with Gasteiger partial charge < -0.3 is 10.2 Å². The summed E-state index contributed by atoms with van der Waals surface area (Å²) in [5.41, 5.74) is 6.50. The predicted molar refractivity (Wildman–Crippen MR) is 57.3 cm³/mol. The lowest BCUT2D eigenvalue weighted by atomic mass is 10.3. The Morgan fingerprint density at radius 1 is 1.50 bits per heavy atom. The van der Waals surface area contributed by atoms with Crippen LogP contribution >= 0.6 is 11.3 Å². The molecule has 0 fully saturated rings.